The molecular formula is C27H26FN5O4S. The standard InChI is InChI=1S/C27H26FN5O4S/c1-17(18-10-12-20(28)13-11-18)29-30-24(34)16-38-27-32-31-26(33(27)21-8-6-5-7-9-21)19-14-22(35-2)25(37-4)23(15-19)36-3/h5-15H,16H2,1-4H3,(H,30,34)/b29-17+. The quantitative estimate of drug-likeness (QED) is 0.178. The molecule has 1 amide bonds. The number of para-hydroxylation sites is 1. The van der Waals surface area contributed by atoms with Crippen molar-refractivity contribution >= 4 is 23.4 Å². The Morgan fingerprint density at radius 3 is 2.24 bits per heavy atom. The first-order valence-corrected chi connectivity index (χ1v) is 12.5. The van der Waals surface area contributed by atoms with Crippen molar-refractivity contribution < 1.29 is 23.4 Å². The van der Waals surface area contributed by atoms with Gasteiger partial charge in [0.05, 0.1) is 32.8 Å². The van der Waals surface area contributed by atoms with Gasteiger partial charge >= 0.3 is 0 Å². The normalized spacial score (nSPS) is 11.2. The van der Waals surface area contributed by atoms with Crippen LogP contribution in [0.1, 0.15) is 12.5 Å². The summed E-state index contributed by atoms with van der Waals surface area (Å²) in [6.07, 6.45) is 0. The first-order chi connectivity index (χ1) is 18.4. The molecule has 0 atom stereocenters. The van der Waals surface area contributed by atoms with E-state index < -0.39 is 0 Å². The molecule has 3 aromatic carbocycles. The summed E-state index contributed by atoms with van der Waals surface area (Å²) in [7, 11) is 4.63. The van der Waals surface area contributed by atoms with Crippen LogP contribution in [0.2, 0.25) is 0 Å². The van der Waals surface area contributed by atoms with Crippen LogP contribution in [0.25, 0.3) is 17.1 Å². The molecule has 0 spiro atoms. The number of benzene rings is 3. The van der Waals surface area contributed by atoms with Crippen LogP contribution in [0.15, 0.2) is 77.0 Å². The smallest absolute Gasteiger partial charge is 0.250 e. The minimum Gasteiger partial charge on any atom is -0.493 e. The number of hydrogen-bond acceptors (Lipinski definition) is 8. The van der Waals surface area contributed by atoms with Gasteiger partial charge < -0.3 is 14.2 Å². The van der Waals surface area contributed by atoms with Crippen molar-refractivity contribution in [1.29, 1.82) is 0 Å². The second kappa shape index (κ2) is 12.2. The fraction of sp³-hybridized carbons (Fsp3) is 0.185. The van der Waals surface area contributed by atoms with Crippen LogP contribution < -0.4 is 19.6 Å². The lowest BCUT2D eigenvalue weighted by atomic mass is 10.1. The molecule has 0 saturated carbocycles. The lowest BCUT2D eigenvalue weighted by Gasteiger charge is -2.15. The number of thioether (sulfide) groups is 1. The molecule has 38 heavy (non-hydrogen) atoms. The summed E-state index contributed by atoms with van der Waals surface area (Å²) in [5.74, 6) is 1.33. The number of hydrazone groups is 1. The maximum Gasteiger partial charge on any atom is 0.250 e. The number of nitrogens with zero attached hydrogens (tertiary/aromatic N) is 4. The third-order valence-corrected chi connectivity index (χ3v) is 6.44. The SMILES string of the molecule is COc1cc(-c2nnc(SCC(=O)N/N=C(\C)c3ccc(F)cc3)n2-c2ccccc2)cc(OC)c1OC. The summed E-state index contributed by atoms with van der Waals surface area (Å²) in [4.78, 5) is 12.6. The maximum absolute atomic E-state index is 13.2. The summed E-state index contributed by atoms with van der Waals surface area (Å²) in [5.41, 5.74) is 5.30. The van der Waals surface area contributed by atoms with E-state index in [0.717, 1.165) is 5.69 Å². The van der Waals surface area contributed by atoms with Crippen molar-refractivity contribution in [2.45, 2.75) is 12.1 Å². The first kappa shape index (κ1) is 26.7. The lowest BCUT2D eigenvalue weighted by Crippen LogP contribution is -2.21. The average Bonchev–Trinajstić information content (AvgIpc) is 3.38. The highest BCUT2D eigenvalue weighted by atomic mass is 32.2. The molecule has 0 saturated heterocycles. The Labute approximate surface area is 223 Å². The number of rotatable bonds is 10. The molecule has 196 valence electrons. The second-order valence-corrected chi connectivity index (χ2v) is 8.86. The Balaban J connectivity index is 1.60. The molecule has 0 bridgehead atoms. The third-order valence-electron chi connectivity index (χ3n) is 5.51. The van der Waals surface area contributed by atoms with E-state index in [1.54, 1.807) is 45.4 Å². The van der Waals surface area contributed by atoms with Crippen molar-refractivity contribution in [3.05, 3.63) is 78.1 Å². The maximum atomic E-state index is 13.2. The van der Waals surface area contributed by atoms with E-state index in [1.807, 2.05) is 34.9 Å². The largest absolute Gasteiger partial charge is 0.493 e. The minimum absolute atomic E-state index is 0.0421. The number of methoxy groups -OCH3 is 3. The Hall–Kier alpha value is -4.38. The van der Waals surface area contributed by atoms with Gasteiger partial charge in [0.25, 0.3) is 5.91 Å². The molecule has 4 aromatic rings. The van der Waals surface area contributed by atoms with E-state index in [9.17, 15) is 9.18 Å². The fourth-order valence-electron chi connectivity index (χ4n) is 3.63. The Bertz CT molecular complexity index is 1420. The molecular weight excluding hydrogens is 509 g/mol. The van der Waals surface area contributed by atoms with E-state index in [0.29, 0.717) is 45.1 Å². The monoisotopic (exact) mass is 535 g/mol. The van der Waals surface area contributed by atoms with E-state index in [-0.39, 0.29) is 17.5 Å². The Morgan fingerprint density at radius 1 is 0.974 bits per heavy atom. The van der Waals surface area contributed by atoms with Gasteiger partial charge in [-0.1, -0.05) is 42.1 Å². The molecule has 0 radical (unpaired) electrons. The molecule has 1 aromatic heterocycles. The van der Waals surface area contributed by atoms with Gasteiger partial charge in [-0.05, 0) is 48.9 Å². The molecule has 11 heteroatoms. The summed E-state index contributed by atoms with van der Waals surface area (Å²) in [6.45, 7) is 1.73. The average molecular weight is 536 g/mol. The lowest BCUT2D eigenvalue weighted by molar-refractivity contribution is -0.118. The van der Waals surface area contributed by atoms with E-state index in [1.165, 1.54) is 31.0 Å². The summed E-state index contributed by atoms with van der Waals surface area (Å²) < 4.78 is 31.5. The van der Waals surface area contributed by atoms with Gasteiger partial charge in [-0.15, -0.1) is 10.2 Å². The van der Waals surface area contributed by atoms with Crippen LogP contribution >= 0.6 is 11.8 Å². The van der Waals surface area contributed by atoms with Crippen molar-refractivity contribution in [2.75, 3.05) is 27.1 Å². The Morgan fingerprint density at radius 2 is 1.63 bits per heavy atom. The van der Waals surface area contributed by atoms with Crippen molar-refractivity contribution in [2.24, 2.45) is 5.10 Å². The van der Waals surface area contributed by atoms with Crippen LogP contribution in [-0.2, 0) is 4.79 Å². The van der Waals surface area contributed by atoms with Crippen molar-refractivity contribution in [1.82, 2.24) is 20.2 Å². The Kier molecular flexibility index (Phi) is 8.59. The highest BCUT2D eigenvalue weighted by Gasteiger charge is 2.21. The number of aromatic nitrogens is 3. The number of halogens is 1. The first-order valence-electron chi connectivity index (χ1n) is 11.5. The number of amides is 1. The van der Waals surface area contributed by atoms with Crippen LogP contribution in [0.5, 0.6) is 17.2 Å². The molecule has 0 fully saturated rings. The van der Waals surface area contributed by atoms with E-state index in [2.05, 4.69) is 20.7 Å². The molecule has 0 aliphatic heterocycles. The molecule has 1 heterocycles. The van der Waals surface area contributed by atoms with Gasteiger partial charge in [0, 0.05) is 11.3 Å². The summed E-state index contributed by atoms with van der Waals surface area (Å²) in [6, 6.07) is 19.0. The molecule has 4 rings (SSSR count). The van der Waals surface area contributed by atoms with Crippen LogP contribution in [0.3, 0.4) is 0 Å². The predicted octanol–water partition coefficient (Wildman–Crippen LogP) is 4.73. The second-order valence-electron chi connectivity index (χ2n) is 7.92. The molecule has 0 aliphatic carbocycles. The highest BCUT2D eigenvalue weighted by Crippen LogP contribution is 2.41. The number of carbonyl (C=O) groups excluding carboxylic acids is 1. The molecule has 0 unspecified atom stereocenters. The fourth-order valence-corrected chi connectivity index (χ4v) is 4.38. The summed E-state index contributed by atoms with van der Waals surface area (Å²) >= 11 is 1.21. The van der Waals surface area contributed by atoms with Gasteiger partial charge in [0.1, 0.15) is 5.82 Å². The van der Waals surface area contributed by atoms with Crippen molar-refractivity contribution in [3.63, 3.8) is 0 Å². The molecule has 9 nitrogen and oxygen atoms in total. The zero-order valence-electron chi connectivity index (χ0n) is 21.3. The van der Waals surface area contributed by atoms with Gasteiger partial charge in [-0.25, -0.2) is 9.82 Å². The molecule has 1 N–H and O–H groups in total. The zero-order chi connectivity index (χ0) is 27.1. The van der Waals surface area contributed by atoms with Crippen LogP contribution in [0, 0.1) is 5.82 Å². The highest BCUT2D eigenvalue weighted by molar-refractivity contribution is 7.99. The number of hydrogen-bond donors (Lipinski definition) is 1. The van der Waals surface area contributed by atoms with Crippen LogP contribution in [-0.4, -0.2) is 53.5 Å². The predicted molar refractivity (Wildman–Crippen MR) is 144 cm³/mol. The van der Waals surface area contributed by atoms with Crippen LogP contribution in [0.4, 0.5) is 4.39 Å². The van der Waals surface area contributed by atoms with Crippen molar-refractivity contribution in [3.8, 4) is 34.3 Å². The zero-order valence-corrected chi connectivity index (χ0v) is 22.1. The van der Waals surface area contributed by atoms with Gasteiger partial charge in [-0.2, -0.15) is 5.10 Å². The number of ether oxygens (including phenoxy) is 3. The number of nitrogens with one attached hydrogen (secondary N) is 1. The molecule has 0 aliphatic rings. The summed E-state index contributed by atoms with van der Waals surface area (Å²) in [5, 5.41) is 13.4. The van der Waals surface area contributed by atoms with Gasteiger partial charge in [-0.3, -0.25) is 9.36 Å². The van der Waals surface area contributed by atoms with E-state index >= 15 is 0 Å². The van der Waals surface area contributed by atoms with E-state index in [4.69, 9.17) is 14.2 Å². The third kappa shape index (κ3) is 5.94. The van der Waals surface area contributed by atoms with Gasteiger partial charge in [0.2, 0.25) is 5.75 Å². The number of carbonyl (C=O) groups is 1. The van der Waals surface area contributed by atoms with Gasteiger partial charge in [0.15, 0.2) is 22.5 Å². The topological polar surface area (TPSA) is 99.9 Å². The minimum atomic E-state index is -0.338.